The quantitative estimate of drug-likeness (QED) is 0.609. The van der Waals surface area contributed by atoms with E-state index >= 15 is 0 Å². The van der Waals surface area contributed by atoms with Gasteiger partial charge in [0, 0.05) is 6.07 Å². The summed E-state index contributed by atoms with van der Waals surface area (Å²) in [7, 11) is 0. The summed E-state index contributed by atoms with van der Waals surface area (Å²) >= 11 is 0. The van der Waals surface area contributed by atoms with Gasteiger partial charge < -0.3 is 24.3 Å². The molecule has 8 nitrogen and oxygen atoms in total. The fourth-order valence-electron chi connectivity index (χ4n) is 2.61. The SMILES string of the molecule is Cc1oc2cc(OCC(=O)N[C@@H](C)C(=O)O)ccc2c(=O)c1Oc1ccccc1F. The molecule has 9 heteroatoms. The Kier molecular flexibility index (Phi) is 6.01. The fourth-order valence-corrected chi connectivity index (χ4v) is 2.61. The molecular formula is C21H18FNO7. The summed E-state index contributed by atoms with van der Waals surface area (Å²) in [6, 6.07) is 8.94. The number of hydrogen-bond acceptors (Lipinski definition) is 6. The topological polar surface area (TPSA) is 115 Å². The number of fused-ring (bicyclic) bond motifs is 1. The molecule has 0 aliphatic carbocycles. The van der Waals surface area contributed by atoms with Crippen LogP contribution < -0.4 is 20.2 Å². The van der Waals surface area contributed by atoms with E-state index in [9.17, 15) is 18.8 Å². The van der Waals surface area contributed by atoms with Gasteiger partial charge in [0.05, 0.1) is 5.39 Å². The number of nitrogens with one attached hydrogen (secondary N) is 1. The highest BCUT2D eigenvalue weighted by Gasteiger charge is 2.17. The summed E-state index contributed by atoms with van der Waals surface area (Å²) in [4.78, 5) is 35.2. The Labute approximate surface area is 169 Å². The maximum absolute atomic E-state index is 13.8. The van der Waals surface area contributed by atoms with Crippen molar-refractivity contribution in [3.63, 3.8) is 0 Å². The molecule has 30 heavy (non-hydrogen) atoms. The summed E-state index contributed by atoms with van der Waals surface area (Å²) in [6.07, 6.45) is 0. The van der Waals surface area contributed by atoms with Crippen molar-refractivity contribution < 1.29 is 33.0 Å². The Morgan fingerprint density at radius 3 is 2.67 bits per heavy atom. The molecule has 3 aromatic rings. The predicted molar refractivity (Wildman–Crippen MR) is 104 cm³/mol. The summed E-state index contributed by atoms with van der Waals surface area (Å²) in [6.45, 7) is 2.42. The molecule has 2 N–H and O–H groups in total. The van der Waals surface area contributed by atoms with Gasteiger partial charge in [-0.15, -0.1) is 0 Å². The first-order valence-corrected chi connectivity index (χ1v) is 8.91. The Bertz CT molecular complexity index is 1170. The van der Waals surface area contributed by atoms with Crippen LogP contribution in [0.2, 0.25) is 0 Å². The van der Waals surface area contributed by atoms with Crippen molar-refractivity contribution in [3.8, 4) is 17.2 Å². The normalized spacial score (nSPS) is 11.7. The van der Waals surface area contributed by atoms with Crippen LogP contribution in [0.5, 0.6) is 17.2 Å². The van der Waals surface area contributed by atoms with Crippen LogP contribution in [0.3, 0.4) is 0 Å². The van der Waals surface area contributed by atoms with Crippen LogP contribution in [0.4, 0.5) is 4.39 Å². The molecular weight excluding hydrogens is 397 g/mol. The van der Waals surface area contributed by atoms with Gasteiger partial charge in [-0.3, -0.25) is 14.4 Å². The molecule has 0 aliphatic rings. The zero-order valence-corrected chi connectivity index (χ0v) is 16.1. The van der Waals surface area contributed by atoms with E-state index in [1.165, 1.54) is 50.2 Å². The zero-order valence-electron chi connectivity index (χ0n) is 16.1. The second-order valence-electron chi connectivity index (χ2n) is 6.42. The van der Waals surface area contributed by atoms with Gasteiger partial charge in [0.15, 0.2) is 18.2 Å². The van der Waals surface area contributed by atoms with Crippen LogP contribution in [0.25, 0.3) is 11.0 Å². The average Bonchev–Trinajstić information content (AvgIpc) is 2.70. The van der Waals surface area contributed by atoms with Gasteiger partial charge in [-0.2, -0.15) is 0 Å². The third-order valence-electron chi connectivity index (χ3n) is 4.15. The Morgan fingerprint density at radius 1 is 1.23 bits per heavy atom. The molecule has 2 aromatic carbocycles. The third-order valence-corrected chi connectivity index (χ3v) is 4.15. The summed E-state index contributed by atoms with van der Waals surface area (Å²) in [5.41, 5.74) is -0.299. The number of rotatable bonds is 7. The number of aliphatic carboxylic acids is 1. The number of para-hydroxylation sites is 1. The van der Waals surface area contributed by atoms with Gasteiger partial charge in [0.2, 0.25) is 11.2 Å². The van der Waals surface area contributed by atoms with E-state index in [-0.39, 0.29) is 34.0 Å². The van der Waals surface area contributed by atoms with Crippen LogP contribution in [0.15, 0.2) is 51.7 Å². The summed E-state index contributed by atoms with van der Waals surface area (Å²) < 4.78 is 30.2. The lowest BCUT2D eigenvalue weighted by Gasteiger charge is -2.12. The van der Waals surface area contributed by atoms with Crippen molar-refractivity contribution in [2.24, 2.45) is 0 Å². The number of carboxylic acids is 1. The first-order chi connectivity index (χ1) is 14.3. The number of aryl methyl sites for hydroxylation is 1. The van der Waals surface area contributed by atoms with Crippen LogP contribution in [0, 0.1) is 12.7 Å². The van der Waals surface area contributed by atoms with Gasteiger partial charge in [-0.25, -0.2) is 4.39 Å². The first kappa shape index (κ1) is 20.8. The van der Waals surface area contributed by atoms with Gasteiger partial charge >= 0.3 is 5.97 Å². The van der Waals surface area contributed by atoms with E-state index in [1.54, 1.807) is 6.07 Å². The highest BCUT2D eigenvalue weighted by molar-refractivity contribution is 5.84. The number of ether oxygens (including phenoxy) is 2. The van der Waals surface area contributed by atoms with Crippen molar-refractivity contribution in [1.29, 1.82) is 0 Å². The van der Waals surface area contributed by atoms with E-state index in [2.05, 4.69) is 5.32 Å². The standard InChI is InChI=1S/C21H18FNO7/c1-11(21(26)27)23-18(24)10-28-13-7-8-14-17(9-13)29-12(2)20(19(14)25)30-16-6-4-3-5-15(16)22/h3-9,11H,10H2,1-2H3,(H,23,24)(H,26,27)/t11-/m0/s1. The zero-order chi connectivity index (χ0) is 21.8. The van der Waals surface area contributed by atoms with E-state index < -0.39 is 35.8 Å². The minimum atomic E-state index is -1.17. The molecule has 0 aliphatic heterocycles. The van der Waals surface area contributed by atoms with Crippen LogP contribution in [-0.2, 0) is 9.59 Å². The molecule has 0 unspecified atom stereocenters. The maximum atomic E-state index is 13.8. The molecule has 0 spiro atoms. The maximum Gasteiger partial charge on any atom is 0.325 e. The monoisotopic (exact) mass is 415 g/mol. The molecule has 0 radical (unpaired) electrons. The van der Waals surface area contributed by atoms with Crippen molar-refractivity contribution in [2.75, 3.05) is 6.61 Å². The molecule has 0 fully saturated rings. The second kappa shape index (κ2) is 8.64. The second-order valence-corrected chi connectivity index (χ2v) is 6.42. The van der Waals surface area contributed by atoms with Crippen molar-refractivity contribution in [3.05, 3.63) is 64.3 Å². The first-order valence-electron chi connectivity index (χ1n) is 8.91. The molecule has 0 saturated carbocycles. The molecule has 1 amide bonds. The smallest absolute Gasteiger partial charge is 0.325 e. The Morgan fingerprint density at radius 2 is 1.97 bits per heavy atom. The largest absolute Gasteiger partial charge is 0.484 e. The van der Waals surface area contributed by atoms with Crippen LogP contribution >= 0.6 is 0 Å². The van der Waals surface area contributed by atoms with E-state index in [4.69, 9.17) is 19.0 Å². The minimum Gasteiger partial charge on any atom is -0.484 e. The van der Waals surface area contributed by atoms with Gasteiger partial charge in [-0.1, -0.05) is 12.1 Å². The van der Waals surface area contributed by atoms with Crippen molar-refractivity contribution >= 4 is 22.8 Å². The molecule has 0 saturated heterocycles. The van der Waals surface area contributed by atoms with Crippen LogP contribution in [-0.4, -0.2) is 29.6 Å². The number of halogens is 1. The third kappa shape index (κ3) is 4.57. The molecule has 3 rings (SSSR count). The lowest BCUT2D eigenvalue weighted by molar-refractivity contribution is -0.141. The number of carboxylic acid groups (broad SMARTS) is 1. The molecule has 0 bridgehead atoms. The average molecular weight is 415 g/mol. The predicted octanol–water partition coefficient (Wildman–Crippen LogP) is 3.00. The number of benzene rings is 2. The lowest BCUT2D eigenvalue weighted by atomic mass is 10.2. The van der Waals surface area contributed by atoms with Gasteiger partial charge in [-0.05, 0) is 38.1 Å². The van der Waals surface area contributed by atoms with E-state index in [1.807, 2.05) is 0 Å². The fraction of sp³-hybridized carbons (Fsp3) is 0.190. The highest BCUT2D eigenvalue weighted by Crippen LogP contribution is 2.28. The lowest BCUT2D eigenvalue weighted by Crippen LogP contribution is -2.40. The number of carbonyl (C=O) groups is 2. The van der Waals surface area contributed by atoms with Gasteiger partial charge in [0.1, 0.15) is 23.1 Å². The van der Waals surface area contributed by atoms with Gasteiger partial charge in [0.25, 0.3) is 5.91 Å². The van der Waals surface area contributed by atoms with Crippen LogP contribution in [0.1, 0.15) is 12.7 Å². The molecule has 1 atom stereocenters. The number of amides is 1. The van der Waals surface area contributed by atoms with Crippen molar-refractivity contribution in [1.82, 2.24) is 5.32 Å². The molecule has 1 aromatic heterocycles. The number of hydrogen-bond donors (Lipinski definition) is 2. The van der Waals surface area contributed by atoms with Crippen molar-refractivity contribution in [2.45, 2.75) is 19.9 Å². The van der Waals surface area contributed by atoms with E-state index in [0.717, 1.165) is 0 Å². The Hall–Kier alpha value is -3.88. The summed E-state index contributed by atoms with van der Waals surface area (Å²) in [5.74, 6) is -2.25. The molecule has 1 heterocycles. The van der Waals surface area contributed by atoms with E-state index in [0.29, 0.717) is 0 Å². The highest BCUT2D eigenvalue weighted by atomic mass is 19.1. The Balaban J connectivity index is 1.81. The summed E-state index contributed by atoms with van der Waals surface area (Å²) in [5, 5.41) is 11.2. The molecule has 156 valence electrons. The number of carbonyl (C=O) groups excluding carboxylic acids is 1. The minimum absolute atomic E-state index is 0.103.